The zero-order valence-corrected chi connectivity index (χ0v) is 12.2. The molecular weight excluding hydrogens is 264 g/mol. The number of hydrogen-bond donors (Lipinski definition) is 1. The summed E-state index contributed by atoms with van der Waals surface area (Å²) in [5, 5.41) is 10.9. The summed E-state index contributed by atoms with van der Waals surface area (Å²) in [5.74, 6) is 0.604. The van der Waals surface area contributed by atoms with Gasteiger partial charge >= 0.3 is 5.97 Å². The highest BCUT2D eigenvalue weighted by Gasteiger charge is 2.21. The minimum absolute atomic E-state index is 0.243. The summed E-state index contributed by atoms with van der Waals surface area (Å²) in [5.41, 5.74) is 0.329. The SMILES string of the molecule is CC1CCCC(Oc2ccc(C(=O)O)c3ccccc23)C1. The minimum Gasteiger partial charge on any atom is -0.490 e. The van der Waals surface area contributed by atoms with Crippen LogP contribution >= 0.6 is 0 Å². The summed E-state index contributed by atoms with van der Waals surface area (Å²) in [7, 11) is 0. The third-order valence-corrected chi connectivity index (χ3v) is 4.30. The first kappa shape index (κ1) is 13.9. The molecular formula is C18H20O3. The summed E-state index contributed by atoms with van der Waals surface area (Å²) in [6.45, 7) is 2.27. The summed E-state index contributed by atoms with van der Waals surface area (Å²) in [6.07, 6.45) is 4.89. The van der Waals surface area contributed by atoms with Crippen molar-refractivity contribution in [2.45, 2.75) is 38.7 Å². The third-order valence-electron chi connectivity index (χ3n) is 4.30. The van der Waals surface area contributed by atoms with Crippen molar-refractivity contribution in [2.75, 3.05) is 0 Å². The van der Waals surface area contributed by atoms with Gasteiger partial charge in [-0.15, -0.1) is 0 Å². The lowest BCUT2D eigenvalue weighted by atomic mass is 9.88. The maximum Gasteiger partial charge on any atom is 0.336 e. The van der Waals surface area contributed by atoms with Crippen molar-refractivity contribution in [1.82, 2.24) is 0 Å². The van der Waals surface area contributed by atoms with Crippen molar-refractivity contribution < 1.29 is 14.6 Å². The Morgan fingerprint density at radius 2 is 1.90 bits per heavy atom. The van der Waals surface area contributed by atoms with Gasteiger partial charge in [-0.25, -0.2) is 4.79 Å². The maximum atomic E-state index is 11.3. The average molecular weight is 284 g/mol. The summed E-state index contributed by atoms with van der Waals surface area (Å²) < 4.78 is 6.18. The van der Waals surface area contributed by atoms with Gasteiger partial charge in [0.2, 0.25) is 0 Å². The maximum absolute atomic E-state index is 11.3. The van der Waals surface area contributed by atoms with Gasteiger partial charge in [-0.2, -0.15) is 0 Å². The topological polar surface area (TPSA) is 46.5 Å². The zero-order valence-electron chi connectivity index (χ0n) is 12.2. The molecule has 0 saturated heterocycles. The highest BCUT2D eigenvalue weighted by Crippen LogP contribution is 2.33. The molecule has 3 heteroatoms. The molecule has 3 rings (SSSR count). The quantitative estimate of drug-likeness (QED) is 0.903. The lowest BCUT2D eigenvalue weighted by molar-refractivity contribution is 0.0699. The highest BCUT2D eigenvalue weighted by atomic mass is 16.5. The van der Waals surface area contributed by atoms with E-state index >= 15 is 0 Å². The van der Waals surface area contributed by atoms with E-state index in [4.69, 9.17) is 4.74 Å². The van der Waals surface area contributed by atoms with Crippen LogP contribution in [-0.2, 0) is 0 Å². The van der Waals surface area contributed by atoms with Gasteiger partial charge in [0.1, 0.15) is 5.75 Å². The summed E-state index contributed by atoms with van der Waals surface area (Å²) >= 11 is 0. The van der Waals surface area contributed by atoms with Gasteiger partial charge in [0.05, 0.1) is 11.7 Å². The number of aromatic carboxylic acids is 1. The first-order valence-corrected chi connectivity index (χ1v) is 7.57. The van der Waals surface area contributed by atoms with E-state index in [1.54, 1.807) is 12.1 Å². The van der Waals surface area contributed by atoms with E-state index in [0.29, 0.717) is 11.5 Å². The molecule has 3 nitrogen and oxygen atoms in total. The largest absolute Gasteiger partial charge is 0.490 e. The Kier molecular flexibility index (Phi) is 3.82. The van der Waals surface area contributed by atoms with Gasteiger partial charge in [0, 0.05) is 5.39 Å². The minimum atomic E-state index is -0.899. The lowest BCUT2D eigenvalue weighted by Gasteiger charge is -2.28. The van der Waals surface area contributed by atoms with Crippen LogP contribution < -0.4 is 4.74 Å². The fourth-order valence-electron chi connectivity index (χ4n) is 3.23. The van der Waals surface area contributed by atoms with E-state index in [9.17, 15) is 9.90 Å². The van der Waals surface area contributed by atoms with Crippen LogP contribution in [0.5, 0.6) is 5.75 Å². The van der Waals surface area contributed by atoms with Gasteiger partial charge in [0.25, 0.3) is 0 Å². The Morgan fingerprint density at radius 3 is 2.62 bits per heavy atom. The second-order valence-corrected chi connectivity index (χ2v) is 5.97. The normalized spacial score (nSPS) is 22.1. The van der Waals surface area contributed by atoms with Crippen molar-refractivity contribution in [1.29, 1.82) is 0 Å². The molecule has 0 amide bonds. The molecule has 2 unspecified atom stereocenters. The molecule has 1 aliphatic rings. The Balaban J connectivity index is 1.96. The van der Waals surface area contributed by atoms with E-state index in [1.807, 2.05) is 24.3 Å². The van der Waals surface area contributed by atoms with E-state index < -0.39 is 5.97 Å². The molecule has 2 aromatic rings. The van der Waals surface area contributed by atoms with Crippen molar-refractivity contribution in [2.24, 2.45) is 5.92 Å². The third kappa shape index (κ3) is 2.87. The Morgan fingerprint density at radius 1 is 1.14 bits per heavy atom. The molecule has 2 atom stereocenters. The van der Waals surface area contributed by atoms with Crippen LogP contribution in [-0.4, -0.2) is 17.2 Å². The van der Waals surface area contributed by atoms with Crippen molar-refractivity contribution in [3.63, 3.8) is 0 Å². The average Bonchev–Trinajstić information content (AvgIpc) is 2.47. The Hall–Kier alpha value is -2.03. The lowest BCUT2D eigenvalue weighted by Crippen LogP contribution is -2.24. The number of carbonyl (C=O) groups is 1. The van der Waals surface area contributed by atoms with Crippen molar-refractivity contribution >= 4 is 16.7 Å². The fraction of sp³-hybridized carbons (Fsp3) is 0.389. The van der Waals surface area contributed by atoms with Gasteiger partial charge in [-0.05, 0) is 42.7 Å². The van der Waals surface area contributed by atoms with E-state index in [0.717, 1.165) is 29.4 Å². The van der Waals surface area contributed by atoms with Crippen LogP contribution in [0, 0.1) is 5.92 Å². The summed E-state index contributed by atoms with van der Waals surface area (Å²) in [6, 6.07) is 11.0. The number of hydrogen-bond acceptors (Lipinski definition) is 2. The number of ether oxygens (including phenoxy) is 1. The molecule has 0 aromatic heterocycles. The van der Waals surface area contributed by atoms with Crippen LogP contribution in [0.2, 0.25) is 0 Å². The van der Waals surface area contributed by atoms with Crippen LogP contribution in [0.15, 0.2) is 36.4 Å². The molecule has 1 N–H and O–H groups in total. The molecule has 0 aliphatic heterocycles. The number of carboxylic acid groups (broad SMARTS) is 1. The predicted molar refractivity (Wildman–Crippen MR) is 83.0 cm³/mol. The van der Waals surface area contributed by atoms with Crippen LogP contribution in [0.25, 0.3) is 10.8 Å². The Bertz CT molecular complexity index is 663. The molecule has 110 valence electrons. The van der Waals surface area contributed by atoms with Gasteiger partial charge < -0.3 is 9.84 Å². The molecule has 0 radical (unpaired) electrons. The monoisotopic (exact) mass is 284 g/mol. The number of carboxylic acids is 1. The number of fused-ring (bicyclic) bond motifs is 1. The first-order chi connectivity index (χ1) is 10.1. The standard InChI is InChI=1S/C18H20O3/c1-12-5-4-6-13(11-12)21-17-10-9-16(18(19)20)14-7-2-3-8-15(14)17/h2-3,7-10,12-13H,4-6,11H2,1H3,(H,19,20). The van der Waals surface area contributed by atoms with Crippen molar-refractivity contribution in [3.8, 4) is 5.75 Å². The molecule has 21 heavy (non-hydrogen) atoms. The second kappa shape index (κ2) is 5.76. The molecule has 1 saturated carbocycles. The van der Waals surface area contributed by atoms with E-state index in [2.05, 4.69) is 6.92 Å². The first-order valence-electron chi connectivity index (χ1n) is 7.57. The second-order valence-electron chi connectivity index (χ2n) is 5.97. The molecule has 1 fully saturated rings. The van der Waals surface area contributed by atoms with E-state index in [-0.39, 0.29) is 6.10 Å². The Labute approximate surface area is 124 Å². The zero-order chi connectivity index (χ0) is 14.8. The van der Waals surface area contributed by atoms with Crippen molar-refractivity contribution in [3.05, 3.63) is 42.0 Å². The number of rotatable bonds is 3. The van der Waals surface area contributed by atoms with Crippen LogP contribution in [0.1, 0.15) is 43.0 Å². The molecule has 1 aliphatic carbocycles. The van der Waals surface area contributed by atoms with Gasteiger partial charge in [-0.1, -0.05) is 37.6 Å². The predicted octanol–water partition coefficient (Wildman–Crippen LogP) is 4.50. The molecule has 0 heterocycles. The summed E-state index contributed by atoms with van der Waals surface area (Å²) in [4.78, 5) is 11.3. The van der Waals surface area contributed by atoms with Crippen LogP contribution in [0.3, 0.4) is 0 Å². The number of benzene rings is 2. The van der Waals surface area contributed by atoms with Gasteiger partial charge in [0.15, 0.2) is 0 Å². The highest BCUT2D eigenvalue weighted by molar-refractivity contribution is 6.05. The molecule has 0 bridgehead atoms. The fourth-order valence-corrected chi connectivity index (χ4v) is 3.23. The molecule has 2 aromatic carbocycles. The smallest absolute Gasteiger partial charge is 0.336 e. The molecule has 0 spiro atoms. The van der Waals surface area contributed by atoms with E-state index in [1.165, 1.54) is 12.8 Å². The van der Waals surface area contributed by atoms with Gasteiger partial charge in [-0.3, -0.25) is 0 Å². The van der Waals surface area contributed by atoms with Crippen LogP contribution in [0.4, 0.5) is 0 Å².